The molecule has 0 radical (unpaired) electrons. The summed E-state index contributed by atoms with van der Waals surface area (Å²) in [4.78, 5) is 16.8. The molecule has 0 unspecified atom stereocenters. The van der Waals surface area contributed by atoms with Crippen LogP contribution < -0.4 is 4.74 Å². The van der Waals surface area contributed by atoms with Crippen LogP contribution in [-0.2, 0) is 6.54 Å². The van der Waals surface area contributed by atoms with Crippen molar-refractivity contribution in [2.75, 3.05) is 33.3 Å². The number of piperazine rings is 1. The van der Waals surface area contributed by atoms with Crippen molar-refractivity contribution in [1.29, 1.82) is 0 Å². The quantitative estimate of drug-likeness (QED) is 0.450. The lowest BCUT2D eigenvalue weighted by atomic mass is 10.1. The number of hydrogen-bond acceptors (Lipinski definition) is 5. The Hall–Kier alpha value is -3.84. The first-order valence-electron chi connectivity index (χ1n) is 11.0. The number of para-hydroxylation sites is 1. The Morgan fingerprint density at radius 1 is 0.970 bits per heavy atom. The van der Waals surface area contributed by atoms with Gasteiger partial charge in [-0.05, 0) is 48.5 Å². The lowest BCUT2D eigenvalue weighted by Crippen LogP contribution is -2.48. The van der Waals surface area contributed by atoms with Crippen LogP contribution in [0.3, 0.4) is 0 Å². The first-order valence-corrected chi connectivity index (χ1v) is 11.0. The van der Waals surface area contributed by atoms with Gasteiger partial charge in [-0.3, -0.25) is 9.69 Å². The van der Waals surface area contributed by atoms with E-state index in [1.54, 1.807) is 19.2 Å². The Morgan fingerprint density at radius 2 is 1.73 bits per heavy atom. The molecule has 0 N–H and O–H groups in total. The predicted octanol–water partition coefficient (Wildman–Crippen LogP) is 4.10. The highest BCUT2D eigenvalue weighted by Gasteiger charge is 2.25. The van der Waals surface area contributed by atoms with E-state index in [0.29, 0.717) is 18.8 Å². The van der Waals surface area contributed by atoms with Crippen LogP contribution in [0.15, 0.2) is 83.6 Å². The van der Waals surface area contributed by atoms with Gasteiger partial charge in [-0.25, -0.2) is 4.68 Å². The number of aromatic nitrogens is 2. The molecule has 1 aliphatic rings. The minimum atomic E-state index is -0.0459. The number of hydrogen-bond donors (Lipinski definition) is 0. The van der Waals surface area contributed by atoms with Crippen LogP contribution in [0.1, 0.15) is 16.1 Å². The molecule has 4 aromatic rings. The minimum absolute atomic E-state index is 0.0459. The first-order chi connectivity index (χ1) is 16.2. The number of carbonyl (C=O) groups is 1. The van der Waals surface area contributed by atoms with E-state index in [-0.39, 0.29) is 5.91 Å². The number of furan rings is 1. The number of nitrogens with zero attached hydrogens (tertiary/aromatic N) is 4. The number of amides is 1. The van der Waals surface area contributed by atoms with E-state index in [0.717, 1.165) is 47.9 Å². The molecule has 1 saturated heterocycles. The lowest BCUT2D eigenvalue weighted by molar-refractivity contribution is 0.0598. The highest BCUT2D eigenvalue weighted by Crippen LogP contribution is 2.27. The molecule has 1 aliphatic heterocycles. The largest absolute Gasteiger partial charge is 0.497 e. The van der Waals surface area contributed by atoms with Gasteiger partial charge in [-0.2, -0.15) is 5.10 Å². The predicted molar refractivity (Wildman–Crippen MR) is 125 cm³/mol. The molecule has 0 spiro atoms. The van der Waals surface area contributed by atoms with Gasteiger partial charge >= 0.3 is 0 Å². The molecule has 2 aromatic heterocycles. The van der Waals surface area contributed by atoms with Crippen molar-refractivity contribution in [3.63, 3.8) is 0 Å². The van der Waals surface area contributed by atoms with Gasteiger partial charge in [-0.15, -0.1) is 0 Å². The maximum atomic E-state index is 12.6. The summed E-state index contributed by atoms with van der Waals surface area (Å²) in [6, 6.07) is 21.6. The Bertz CT molecular complexity index is 1190. The van der Waals surface area contributed by atoms with Crippen molar-refractivity contribution in [3.8, 4) is 22.7 Å². The van der Waals surface area contributed by atoms with Crippen LogP contribution in [0.4, 0.5) is 0 Å². The first kappa shape index (κ1) is 21.0. The SMILES string of the molecule is COc1ccc(-c2nn(-c3ccccc3)cc2CN2CCN(C(=O)c3ccco3)CC2)cc1. The average Bonchev–Trinajstić information content (AvgIpc) is 3.56. The molecule has 7 heteroatoms. The van der Waals surface area contributed by atoms with Crippen molar-refractivity contribution in [2.45, 2.75) is 6.54 Å². The second kappa shape index (κ2) is 9.34. The molecule has 2 aromatic carbocycles. The molecule has 0 saturated carbocycles. The van der Waals surface area contributed by atoms with Gasteiger partial charge in [0, 0.05) is 50.0 Å². The summed E-state index contributed by atoms with van der Waals surface area (Å²) in [5.41, 5.74) is 4.17. The van der Waals surface area contributed by atoms with Crippen molar-refractivity contribution in [1.82, 2.24) is 19.6 Å². The highest BCUT2D eigenvalue weighted by molar-refractivity contribution is 5.91. The molecule has 5 rings (SSSR count). The van der Waals surface area contributed by atoms with E-state index in [4.69, 9.17) is 14.3 Å². The summed E-state index contributed by atoms with van der Waals surface area (Å²) in [5, 5.41) is 4.92. The van der Waals surface area contributed by atoms with Gasteiger partial charge in [0.15, 0.2) is 5.76 Å². The van der Waals surface area contributed by atoms with Gasteiger partial charge in [0.25, 0.3) is 5.91 Å². The van der Waals surface area contributed by atoms with E-state index in [9.17, 15) is 4.79 Å². The van der Waals surface area contributed by atoms with Crippen molar-refractivity contribution >= 4 is 5.91 Å². The zero-order valence-corrected chi connectivity index (χ0v) is 18.6. The molecule has 1 fully saturated rings. The molecular formula is C26H26N4O3. The Kier molecular flexibility index (Phi) is 5.95. The monoisotopic (exact) mass is 442 g/mol. The Morgan fingerprint density at radius 3 is 2.39 bits per heavy atom. The van der Waals surface area contributed by atoms with Crippen LogP contribution in [-0.4, -0.2) is 58.8 Å². The average molecular weight is 443 g/mol. The standard InChI is InChI=1S/C26H26N4O3/c1-32-23-11-9-20(10-12-23)25-21(19-30(27-25)22-6-3-2-4-7-22)18-28-13-15-29(16-14-28)26(31)24-8-5-17-33-24/h2-12,17,19H,13-16,18H2,1H3. The minimum Gasteiger partial charge on any atom is -0.497 e. The fourth-order valence-electron chi connectivity index (χ4n) is 4.14. The van der Waals surface area contributed by atoms with Gasteiger partial charge in [-0.1, -0.05) is 18.2 Å². The van der Waals surface area contributed by atoms with E-state index >= 15 is 0 Å². The van der Waals surface area contributed by atoms with Gasteiger partial charge < -0.3 is 14.1 Å². The molecule has 7 nitrogen and oxygen atoms in total. The molecular weight excluding hydrogens is 416 g/mol. The van der Waals surface area contributed by atoms with Crippen molar-refractivity contribution < 1.29 is 13.9 Å². The number of carbonyl (C=O) groups excluding carboxylic acids is 1. The number of benzene rings is 2. The second-order valence-corrected chi connectivity index (χ2v) is 8.06. The number of rotatable bonds is 6. The summed E-state index contributed by atoms with van der Waals surface area (Å²) in [7, 11) is 1.67. The maximum absolute atomic E-state index is 12.6. The Labute approximate surface area is 192 Å². The second-order valence-electron chi connectivity index (χ2n) is 8.06. The number of ether oxygens (including phenoxy) is 1. The smallest absolute Gasteiger partial charge is 0.289 e. The molecule has 0 atom stereocenters. The molecule has 0 aliphatic carbocycles. The maximum Gasteiger partial charge on any atom is 0.289 e. The van der Waals surface area contributed by atoms with Gasteiger partial charge in [0.1, 0.15) is 5.75 Å². The molecule has 0 bridgehead atoms. The third-order valence-corrected chi connectivity index (χ3v) is 5.96. The van der Waals surface area contributed by atoms with Gasteiger partial charge in [0.2, 0.25) is 0 Å². The van der Waals surface area contributed by atoms with Crippen LogP contribution in [0.5, 0.6) is 5.75 Å². The lowest BCUT2D eigenvalue weighted by Gasteiger charge is -2.34. The third-order valence-electron chi connectivity index (χ3n) is 5.96. The Balaban J connectivity index is 1.35. The summed E-state index contributed by atoms with van der Waals surface area (Å²) in [6.07, 6.45) is 3.64. The van der Waals surface area contributed by atoms with Crippen LogP contribution in [0, 0.1) is 0 Å². The van der Waals surface area contributed by atoms with E-state index in [2.05, 4.69) is 11.1 Å². The zero-order valence-electron chi connectivity index (χ0n) is 18.6. The summed E-state index contributed by atoms with van der Waals surface area (Å²) >= 11 is 0. The fourth-order valence-corrected chi connectivity index (χ4v) is 4.14. The summed E-state index contributed by atoms with van der Waals surface area (Å²) in [6.45, 7) is 3.70. The normalized spacial score (nSPS) is 14.4. The third kappa shape index (κ3) is 4.54. The molecule has 3 heterocycles. The highest BCUT2D eigenvalue weighted by atomic mass is 16.5. The number of methoxy groups -OCH3 is 1. The van der Waals surface area contributed by atoms with Crippen LogP contribution in [0.25, 0.3) is 16.9 Å². The summed E-state index contributed by atoms with van der Waals surface area (Å²) < 4.78 is 12.5. The molecule has 1 amide bonds. The topological polar surface area (TPSA) is 63.7 Å². The van der Waals surface area contributed by atoms with E-state index < -0.39 is 0 Å². The fraction of sp³-hybridized carbons (Fsp3) is 0.231. The van der Waals surface area contributed by atoms with Crippen LogP contribution in [0.2, 0.25) is 0 Å². The van der Waals surface area contributed by atoms with Crippen molar-refractivity contribution in [2.24, 2.45) is 0 Å². The van der Waals surface area contributed by atoms with Gasteiger partial charge in [0.05, 0.1) is 24.8 Å². The van der Waals surface area contributed by atoms with E-state index in [1.807, 2.05) is 64.2 Å². The summed E-state index contributed by atoms with van der Waals surface area (Å²) in [5.74, 6) is 1.17. The van der Waals surface area contributed by atoms with Crippen molar-refractivity contribution in [3.05, 3.63) is 90.5 Å². The zero-order chi connectivity index (χ0) is 22.6. The molecule has 168 valence electrons. The van der Waals surface area contributed by atoms with E-state index in [1.165, 1.54) is 6.26 Å². The molecule has 33 heavy (non-hydrogen) atoms. The van der Waals surface area contributed by atoms with Crippen LogP contribution >= 0.6 is 0 Å².